The average molecular weight is 1230 g/mol. The number of carbonyl (C=O) groups is 5. The Morgan fingerprint density at radius 2 is 0.552 bits per heavy atom. The Kier molecular flexibility index (Phi) is 53.5. The van der Waals surface area contributed by atoms with Crippen LogP contribution in [-0.2, 0) is 28.6 Å². The van der Waals surface area contributed by atoms with Gasteiger partial charge in [-0.1, -0.05) is 211 Å². The smallest absolute Gasteiger partial charge is 0.335 e. The van der Waals surface area contributed by atoms with Gasteiger partial charge in [-0.3, -0.25) is 14.4 Å². The normalized spacial score (nSPS) is 11.2. The molecule has 8 N–H and O–H groups in total. The van der Waals surface area contributed by atoms with Gasteiger partial charge in [-0.05, 0) is 121 Å². The van der Waals surface area contributed by atoms with Gasteiger partial charge in [0, 0.05) is 19.3 Å². The van der Waals surface area contributed by atoms with Crippen molar-refractivity contribution in [3.8, 4) is 34.5 Å². The molecule has 0 aliphatic heterocycles. The standard InChI is InChI=1S/C57H104O6.2C7H6O5/c1-4-7-10-13-16-19-22-25-28-31-34-37-40-43-46-49-55(58)61-52-54(63-57(60)51-48-45-42-39-36-33-30-27-24-21-18-15-12-9-6-3)53-62-56(59)50-47-44-41-38-35-32-29-26-23-20-17-14-11-8-5-2;2*8-4-1-3(7(11)12)2-5(9)6(4)10/h25-30,54H,4-24,31-53H2,1-3H3;2*1-2,8-10H,(H,11,12)/b28-25-,29-26-,30-27-;;. The molecule has 0 unspecified atom stereocenters. The number of allylic oxidation sites excluding steroid dienone is 6. The first-order valence-electron chi connectivity index (χ1n) is 33.5. The SMILES string of the molecule is CCCCCCCC/C=C\CCCCCCCC(=O)OCC(COC(=O)CCCCCCC/C=C\CCCCCCCC)OC(=O)CCCCCCC/C=C\CCCCCCCC.O=C(O)c1cc(O)c(O)c(O)c1.O=C(O)c1cc(O)c(O)c(O)c1. The van der Waals surface area contributed by atoms with Crippen molar-refractivity contribution >= 4 is 29.8 Å². The van der Waals surface area contributed by atoms with E-state index >= 15 is 0 Å². The van der Waals surface area contributed by atoms with E-state index < -0.39 is 52.5 Å². The highest BCUT2D eigenvalue weighted by atomic mass is 16.6. The van der Waals surface area contributed by atoms with Crippen LogP contribution >= 0.6 is 0 Å². The van der Waals surface area contributed by atoms with Crippen LogP contribution in [0, 0.1) is 0 Å². The fraction of sp³-hybridized carbons (Fsp3) is 0.676. The molecule has 0 saturated carbocycles. The van der Waals surface area contributed by atoms with E-state index in [4.69, 9.17) is 55.1 Å². The van der Waals surface area contributed by atoms with Gasteiger partial charge >= 0.3 is 29.8 Å². The lowest BCUT2D eigenvalue weighted by molar-refractivity contribution is -0.167. The predicted octanol–water partition coefficient (Wildman–Crippen LogP) is 19.1. The fourth-order valence-electron chi connectivity index (χ4n) is 9.35. The number of aromatic carboxylic acids is 2. The molecule has 16 nitrogen and oxygen atoms in total. The van der Waals surface area contributed by atoms with Crippen LogP contribution in [0.25, 0.3) is 0 Å². The molecule has 0 aliphatic rings. The highest BCUT2D eigenvalue weighted by Gasteiger charge is 2.20. The molecule has 0 aromatic heterocycles. The molecule has 496 valence electrons. The van der Waals surface area contributed by atoms with Crippen molar-refractivity contribution in [2.45, 2.75) is 297 Å². The lowest BCUT2D eigenvalue weighted by Gasteiger charge is -2.18. The van der Waals surface area contributed by atoms with Crippen LogP contribution in [0.3, 0.4) is 0 Å². The van der Waals surface area contributed by atoms with Crippen LogP contribution in [0.1, 0.15) is 311 Å². The Hall–Kier alpha value is -6.19. The van der Waals surface area contributed by atoms with Crippen molar-refractivity contribution < 1.29 is 79.0 Å². The van der Waals surface area contributed by atoms with Gasteiger partial charge in [0.2, 0.25) is 0 Å². The maximum Gasteiger partial charge on any atom is 0.335 e. The zero-order valence-corrected chi connectivity index (χ0v) is 53.8. The zero-order chi connectivity index (χ0) is 64.4. The third-order valence-corrected chi connectivity index (χ3v) is 14.7. The maximum absolute atomic E-state index is 12.8. The second-order valence-electron chi connectivity index (χ2n) is 22.8. The summed E-state index contributed by atoms with van der Waals surface area (Å²) in [4.78, 5) is 58.7. The summed E-state index contributed by atoms with van der Waals surface area (Å²) in [5.41, 5.74) is -0.578. The van der Waals surface area contributed by atoms with E-state index in [0.717, 1.165) is 101 Å². The van der Waals surface area contributed by atoms with E-state index in [0.29, 0.717) is 19.3 Å². The van der Waals surface area contributed by atoms with Crippen LogP contribution in [0.4, 0.5) is 0 Å². The molecule has 0 amide bonds. The number of carboxylic acid groups (broad SMARTS) is 2. The van der Waals surface area contributed by atoms with Crippen LogP contribution in [-0.4, -0.2) is 90.0 Å². The molecule has 16 heteroatoms. The van der Waals surface area contributed by atoms with Crippen molar-refractivity contribution in [1.82, 2.24) is 0 Å². The first kappa shape index (κ1) is 80.8. The summed E-state index contributed by atoms with van der Waals surface area (Å²) in [6, 6.07) is 3.38. The Balaban J connectivity index is 0.00000250. The lowest BCUT2D eigenvalue weighted by atomic mass is 10.1. The maximum atomic E-state index is 12.8. The molecule has 0 bridgehead atoms. The van der Waals surface area contributed by atoms with Gasteiger partial charge in [0.1, 0.15) is 13.2 Å². The Morgan fingerprint density at radius 1 is 0.333 bits per heavy atom. The summed E-state index contributed by atoms with van der Waals surface area (Å²) >= 11 is 0. The number of carboxylic acids is 2. The monoisotopic (exact) mass is 1220 g/mol. The Labute approximate surface area is 522 Å². The summed E-state index contributed by atoms with van der Waals surface area (Å²) in [7, 11) is 0. The minimum Gasteiger partial charge on any atom is -0.504 e. The van der Waals surface area contributed by atoms with Gasteiger partial charge in [0.15, 0.2) is 40.6 Å². The van der Waals surface area contributed by atoms with E-state index in [9.17, 15) is 24.0 Å². The molecule has 0 aliphatic carbocycles. The van der Waals surface area contributed by atoms with Gasteiger partial charge < -0.3 is 55.1 Å². The third kappa shape index (κ3) is 49.5. The second-order valence-corrected chi connectivity index (χ2v) is 22.8. The summed E-state index contributed by atoms with van der Waals surface area (Å²) in [5.74, 6) is -7.56. The summed E-state index contributed by atoms with van der Waals surface area (Å²) in [6.45, 7) is 6.63. The van der Waals surface area contributed by atoms with E-state index in [-0.39, 0.29) is 42.2 Å². The summed E-state index contributed by atoms with van der Waals surface area (Å²) in [5, 5.41) is 69.9. The van der Waals surface area contributed by atoms with Gasteiger partial charge in [0.05, 0.1) is 11.1 Å². The molecule has 0 fully saturated rings. The highest BCUT2D eigenvalue weighted by Crippen LogP contribution is 2.36. The molecule has 2 aromatic rings. The molecular weight excluding hydrogens is 1110 g/mol. The van der Waals surface area contributed by atoms with E-state index in [2.05, 4.69) is 57.2 Å². The Bertz CT molecular complexity index is 2000. The minimum absolute atomic E-state index is 0.0806. The van der Waals surface area contributed by atoms with Crippen LogP contribution in [0.5, 0.6) is 34.5 Å². The number of benzene rings is 2. The van der Waals surface area contributed by atoms with Crippen molar-refractivity contribution in [3.05, 3.63) is 71.8 Å². The first-order valence-corrected chi connectivity index (χ1v) is 33.5. The lowest BCUT2D eigenvalue weighted by Crippen LogP contribution is -2.30. The number of esters is 3. The number of phenols is 6. The van der Waals surface area contributed by atoms with Gasteiger partial charge in [-0.25, -0.2) is 9.59 Å². The minimum atomic E-state index is -1.29. The van der Waals surface area contributed by atoms with Gasteiger partial charge in [0.25, 0.3) is 0 Å². The molecule has 0 spiro atoms. The van der Waals surface area contributed by atoms with Crippen molar-refractivity contribution in [1.29, 1.82) is 0 Å². The largest absolute Gasteiger partial charge is 0.504 e. The molecule has 0 radical (unpaired) electrons. The van der Waals surface area contributed by atoms with E-state index in [1.807, 2.05) is 0 Å². The topological polar surface area (TPSA) is 275 Å². The summed E-state index contributed by atoms with van der Waals surface area (Å²) < 4.78 is 16.8. The first-order chi connectivity index (χ1) is 42.1. The van der Waals surface area contributed by atoms with Crippen molar-refractivity contribution in [2.75, 3.05) is 13.2 Å². The van der Waals surface area contributed by atoms with Crippen molar-refractivity contribution in [3.63, 3.8) is 0 Å². The highest BCUT2D eigenvalue weighted by molar-refractivity contribution is 5.90. The summed E-state index contributed by atoms with van der Waals surface area (Å²) in [6.07, 6.45) is 61.2. The van der Waals surface area contributed by atoms with E-state index in [1.165, 1.54) is 173 Å². The Morgan fingerprint density at radius 3 is 0.793 bits per heavy atom. The molecule has 2 aromatic carbocycles. The van der Waals surface area contributed by atoms with Crippen LogP contribution in [0.2, 0.25) is 0 Å². The van der Waals surface area contributed by atoms with E-state index in [1.54, 1.807) is 0 Å². The molecule has 0 atom stereocenters. The number of carbonyl (C=O) groups excluding carboxylic acids is 3. The number of aromatic hydroxyl groups is 6. The third-order valence-electron chi connectivity index (χ3n) is 14.7. The number of phenolic OH excluding ortho intramolecular Hbond substituents is 6. The molecule has 87 heavy (non-hydrogen) atoms. The number of hydrogen-bond acceptors (Lipinski definition) is 14. The second kappa shape index (κ2) is 57.5. The van der Waals surface area contributed by atoms with Gasteiger partial charge in [-0.15, -0.1) is 0 Å². The number of unbranched alkanes of at least 4 members (excludes halogenated alkanes) is 33. The fourth-order valence-corrected chi connectivity index (χ4v) is 9.35. The van der Waals surface area contributed by atoms with Crippen LogP contribution < -0.4 is 0 Å². The average Bonchev–Trinajstić information content (AvgIpc) is 2.41. The zero-order valence-electron chi connectivity index (χ0n) is 53.8. The van der Waals surface area contributed by atoms with Crippen LogP contribution in [0.15, 0.2) is 60.7 Å². The number of rotatable bonds is 52. The predicted molar refractivity (Wildman–Crippen MR) is 347 cm³/mol. The number of ether oxygens (including phenoxy) is 3. The molecule has 0 saturated heterocycles. The van der Waals surface area contributed by atoms with Crippen molar-refractivity contribution in [2.24, 2.45) is 0 Å². The number of hydrogen-bond donors (Lipinski definition) is 8. The quantitative estimate of drug-likeness (QED) is 0.0101. The molecule has 2 rings (SSSR count). The molecule has 0 heterocycles. The van der Waals surface area contributed by atoms with Gasteiger partial charge in [-0.2, -0.15) is 0 Å². The molecular formula is C71H116O16.